The molecule has 0 fully saturated rings. The molecule has 2 rings (SSSR count). The Morgan fingerprint density at radius 2 is 1.83 bits per heavy atom. The first-order chi connectivity index (χ1) is 11.7. The minimum Gasteiger partial charge on any atom is -0.301 e. The average molecular weight is 323 g/mol. The Bertz CT molecular complexity index is 715. The molecule has 0 radical (unpaired) electrons. The number of aromatic nitrogens is 1. The van der Waals surface area contributed by atoms with Gasteiger partial charge in [-0.15, -0.1) is 0 Å². The molecule has 0 bridgehead atoms. The number of hydrazine groups is 1. The fourth-order valence-electron chi connectivity index (χ4n) is 1.94. The van der Waals surface area contributed by atoms with Crippen molar-refractivity contribution in [1.82, 2.24) is 15.4 Å². The Balaban J connectivity index is 1.97. The molecule has 0 saturated carbocycles. The third kappa shape index (κ3) is 5.49. The lowest BCUT2D eigenvalue weighted by Crippen LogP contribution is -2.47. The number of hydrogen-bond acceptors (Lipinski definition) is 4. The number of nitrogens with one attached hydrogen (secondary N) is 1. The van der Waals surface area contributed by atoms with Gasteiger partial charge >= 0.3 is 0 Å². The van der Waals surface area contributed by atoms with Crippen LogP contribution in [0.25, 0.3) is 6.08 Å². The standard InChI is InChI=1S/C18H17N3O3/c22-13-12-21(18(24)10-9-15-6-2-1-3-7-15)20-17(23)14-16-8-4-5-11-19-16/h1-11,13H,12,14H2,(H,20,23). The van der Waals surface area contributed by atoms with Crippen LogP contribution in [0.3, 0.4) is 0 Å². The molecule has 1 aromatic carbocycles. The molecule has 6 heteroatoms. The maximum absolute atomic E-state index is 12.1. The lowest BCUT2D eigenvalue weighted by molar-refractivity contribution is -0.138. The molecular weight excluding hydrogens is 306 g/mol. The highest BCUT2D eigenvalue weighted by Crippen LogP contribution is 2.02. The molecule has 24 heavy (non-hydrogen) atoms. The normalized spacial score (nSPS) is 10.3. The summed E-state index contributed by atoms with van der Waals surface area (Å²) >= 11 is 0. The van der Waals surface area contributed by atoms with Gasteiger partial charge in [0.1, 0.15) is 6.29 Å². The number of carbonyl (C=O) groups excluding carboxylic acids is 3. The topological polar surface area (TPSA) is 79.4 Å². The van der Waals surface area contributed by atoms with Gasteiger partial charge in [0.15, 0.2) is 0 Å². The summed E-state index contributed by atoms with van der Waals surface area (Å²) in [5.74, 6) is -0.905. The van der Waals surface area contributed by atoms with Gasteiger partial charge in [-0.2, -0.15) is 0 Å². The first-order valence-electron chi connectivity index (χ1n) is 7.36. The molecular formula is C18H17N3O3. The summed E-state index contributed by atoms with van der Waals surface area (Å²) < 4.78 is 0. The van der Waals surface area contributed by atoms with E-state index in [-0.39, 0.29) is 13.0 Å². The molecule has 2 aromatic rings. The molecule has 1 heterocycles. The molecule has 2 amide bonds. The Labute approximate surface area is 139 Å². The van der Waals surface area contributed by atoms with Gasteiger partial charge < -0.3 is 4.79 Å². The Kier molecular flexibility index (Phi) is 6.40. The minimum atomic E-state index is -0.486. The maximum Gasteiger partial charge on any atom is 0.265 e. The van der Waals surface area contributed by atoms with E-state index in [1.165, 1.54) is 6.08 Å². The number of carbonyl (C=O) groups is 3. The van der Waals surface area contributed by atoms with E-state index >= 15 is 0 Å². The predicted molar refractivity (Wildman–Crippen MR) is 89.3 cm³/mol. The van der Waals surface area contributed by atoms with E-state index in [2.05, 4.69) is 10.4 Å². The van der Waals surface area contributed by atoms with Gasteiger partial charge in [-0.25, -0.2) is 5.01 Å². The summed E-state index contributed by atoms with van der Waals surface area (Å²) in [7, 11) is 0. The highest BCUT2D eigenvalue weighted by Gasteiger charge is 2.14. The Morgan fingerprint density at radius 3 is 2.50 bits per heavy atom. The third-order valence-electron chi connectivity index (χ3n) is 3.07. The monoisotopic (exact) mass is 323 g/mol. The smallest absolute Gasteiger partial charge is 0.265 e. The maximum atomic E-state index is 12.1. The van der Waals surface area contributed by atoms with Crippen molar-refractivity contribution in [2.75, 3.05) is 6.54 Å². The lowest BCUT2D eigenvalue weighted by atomic mass is 10.2. The van der Waals surface area contributed by atoms with Gasteiger partial charge in [-0.1, -0.05) is 36.4 Å². The van der Waals surface area contributed by atoms with Crippen molar-refractivity contribution in [3.8, 4) is 0 Å². The van der Waals surface area contributed by atoms with E-state index in [9.17, 15) is 14.4 Å². The van der Waals surface area contributed by atoms with Crippen molar-refractivity contribution in [3.05, 3.63) is 72.1 Å². The molecule has 1 aromatic heterocycles. The summed E-state index contributed by atoms with van der Waals surface area (Å²) in [5.41, 5.74) is 3.85. The summed E-state index contributed by atoms with van der Waals surface area (Å²) in [6.45, 7) is -0.230. The van der Waals surface area contributed by atoms with Crippen LogP contribution in [-0.4, -0.2) is 34.6 Å². The molecule has 0 unspecified atom stereocenters. The molecule has 122 valence electrons. The second kappa shape index (κ2) is 8.99. The second-order valence-electron chi connectivity index (χ2n) is 4.89. The highest BCUT2D eigenvalue weighted by molar-refractivity contribution is 5.94. The van der Waals surface area contributed by atoms with Crippen LogP contribution < -0.4 is 5.43 Å². The van der Waals surface area contributed by atoms with Crippen molar-refractivity contribution >= 4 is 24.2 Å². The summed E-state index contributed by atoms with van der Waals surface area (Å²) in [6.07, 6.45) is 5.08. The summed E-state index contributed by atoms with van der Waals surface area (Å²) in [5, 5.41) is 0.970. The molecule has 0 aliphatic carbocycles. The van der Waals surface area contributed by atoms with Crippen molar-refractivity contribution in [2.24, 2.45) is 0 Å². The number of benzene rings is 1. The van der Waals surface area contributed by atoms with Crippen LogP contribution >= 0.6 is 0 Å². The van der Waals surface area contributed by atoms with Gasteiger partial charge in [-0.3, -0.25) is 20.0 Å². The minimum absolute atomic E-state index is 0.0197. The number of aldehydes is 1. The summed E-state index contributed by atoms with van der Waals surface area (Å²) in [6, 6.07) is 14.5. The van der Waals surface area contributed by atoms with Crippen LogP contribution in [-0.2, 0) is 20.8 Å². The molecule has 0 spiro atoms. The SMILES string of the molecule is O=CCN(NC(=O)Cc1ccccn1)C(=O)C=Cc1ccccc1. The second-order valence-corrected chi connectivity index (χ2v) is 4.89. The van der Waals surface area contributed by atoms with Crippen molar-refractivity contribution in [1.29, 1.82) is 0 Å². The van der Waals surface area contributed by atoms with E-state index in [0.717, 1.165) is 10.6 Å². The first-order valence-corrected chi connectivity index (χ1v) is 7.36. The van der Waals surface area contributed by atoms with Gasteiger partial charge in [-0.05, 0) is 23.8 Å². The molecule has 1 N–H and O–H groups in total. The zero-order chi connectivity index (χ0) is 17.2. The quantitative estimate of drug-likeness (QED) is 0.495. The van der Waals surface area contributed by atoms with Crippen molar-refractivity contribution in [2.45, 2.75) is 6.42 Å². The highest BCUT2D eigenvalue weighted by atomic mass is 16.2. The van der Waals surface area contributed by atoms with Gasteiger partial charge in [0.25, 0.3) is 5.91 Å². The number of pyridine rings is 1. The van der Waals surface area contributed by atoms with E-state index in [4.69, 9.17) is 0 Å². The third-order valence-corrected chi connectivity index (χ3v) is 3.07. The van der Waals surface area contributed by atoms with Crippen molar-refractivity contribution in [3.63, 3.8) is 0 Å². The fraction of sp³-hybridized carbons (Fsp3) is 0.111. The summed E-state index contributed by atoms with van der Waals surface area (Å²) in [4.78, 5) is 38.9. The molecule has 0 atom stereocenters. The lowest BCUT2D eigenvalue weighted by Gasteiger charge is -2.19. The van der Waals surface area contributed by atoms with Crippen molar-refractivity contribution < 1.29 is 14.4 Å². The Morgan fingerprint density at radius 1 is 1.08 bits per heavy atom. The first kappa shape index (κ1) is 17.1. The largest absolute Gasteiger partial charge is 0.301 e. The average Bonchev–Trinajstić information content (AvgIpc) is 2.61. The van der Waals surface area contributed by atoms with Crippen LogP contribution in [0.2, 0.25) is 0 Å². The Hall–Kier alpha value is -3.28. The number of nitrogens with zero attached hydrogens (tertiary/aromatic N) is 2. The zero-order valence-corrected chi connectivity index (χ0v) is 13.0. The van der Waals surface area contributed by atoms with Gasteiger partial charge in [0.2, 0.25) is 5.91 Å². The molecule has 6 nitrogen and oxygen atoms in total. The predicted octanol–water partition coefficient (Wildman–Crippen LogP) is 1.40. The van der Waals surface area contributed by atoms with Crippen LogP contribution in [0.15, 0.2) is 60.8 Å². The van der Waals surface area contributed by atoms with E-state index in [1.807, 2.05) is 30.3 Å². The van der Waals surface area contributed by atoms with E-state index in [0.29, 0.717) is 12.0 Å². The van der Waals surface area contributed by atoms with Crippen LogP contribution in [0.5, 0.6) is 0 Å². The molecule has 0 saturated heterocycles. The van der Waals surface area contributed by atoms with E-state index < -0.39 is 11.8 Å². The fourth-order valence-corrected chi connectivity index (χ4v) is 1.94. The van der Waals surface area contributed by atoms with E-state index in [1.54, 1.807) is 30.5 Å². The van der Waals surface area contributed by atoms with Gasteiger partial charge in [0.05, 0.1) is 13.0 Å². The molecule has 0 aliphatic rings. The van der Waals surface area contributed by atoms with Crippen LogP contribution in [0, 0.1) is 0 Å². The number of rotatable bonds is 6. The molecule has 0 aliphatic heterocycles. The zero-order valence-electron chi connectivity index (χ0n) is 13.0. The van der Waals surface area contributed by atoms with Crippen LogP contribution in [0.4, 0.5) is 0 Å². The number of hydrogen-bond donors (Lipinski definition) is 1. The van der Waals surface area contributed by atoms with Crippen LogP contribution in [0.1, 0.15) is 11.3 Å². The van der Waals surface area contributed by atoms with Gasteiger partial charge in [0, 0.05) is 18.0 Å². The number of amides is 2.